The number of benzene rings is 1. The second-order valence-electron chi connectivity index (χ2n) is 6.19. The average Bonchev–Trinajstić information content (AvgIpc) is 2.89. The molecule has 3 rings (SSSR count). The van der Waals surface area contributed by atoms with Crippen LogP contribution in [0, 0.1) is 13.8 Å². The normalized spacial score (nSPS) is 12.0. The molecule has 0 bridgehead atoms. The summed E-state index contributed by atoms with van der Waals surface area (Å²) >= 11 is 0. The van der Waals surface area contributed by atoms with Gasteiger partial charge in [-0.3, -0.25) is 4.79 Å². The van der Waals surface area contributed by atoms with E-state index < -0.39 is 36.3 Å². The van der Waals surface area contributed by atoms with Gasteiger partial charge in [0.25, 0.3) is 6.43 Å². The Morgan fingerprint density at radius 3 is 2.54 bits per heavy atom. The first kappa shape index (κ1) is 19.7. The van der Waals surface area contributed by atoms with Crippen LogP contribution in [0.4, 0.5) is 27.6 Å². The molecule has 3 aromatic rings. The van der Waals surface area contributed by atoms with Crippen LogP contribution in [0.25, 0.3) is 11.0 Å². The Balaban J connectivity index is 1.93. The molecule has 0 radical (unpaired) electrons. The molecule has 1 amide bonds. The first-order valence-corrected chi connectivity index (χ1v) is 8.17. The molecule has 0 saturated heterocycles. The summed E-state index contributed by atoms with van der Waals surface area (Å²) in [4.78, 5) is 16.5. The molecular formula is C18H15F5N4O. The Hall–Kier alpha value is -3.04. The van der Waals surface area contributed by atoms with Gasteiger partial charge in [0.15, 0.2) is 5.65 Å². The first-order valence-electron chi connectivity index (χ1n) is 8.17. The van der Waals surface area contributed by atoms with Gasteiger partial charge in [0.1, 0.15) is 6.54 Å². The predicted octanol–water partition coefficient (Wildman–Crippen LogP) is 4.64. The van der Waals surface area contributed by atoms with Gasteiger partial charge in [-0.05, 0) is 32.0 Å². The summed E-state index contributed by atoms with van der Waals surface area (Å²) in [5.74, 6) is -0.789. The summed E-state index contributed by atoms with van der Waals surface area (Å²) in [6, 6.07) is 5.79. The molecule has 0 aliphatic carbocycles. The van der Waals surface area contributed by atoms with Crippen LogP contribution in [-0.2, 0) is 17.5 Å². The van der Waals surface area contributed by atoms with E-state index in [9.17, 15) is 26.7 Å². The number of alkyl halides is 5. The van der Waals surface area contributed by atoms with Gasteiger partial charge in [-0.2, -0.15) is 18.3 Å². The third-order valence-electron chi connectivity index (χ3n) is 4.07. The van der Waals surface area contributed by atoms with Crippen molar-refractivity contribution in [1.82, 2.24) is 14.8 Å². The van der Waals surface area contributed by atoms with Crippen molar-refractivity contribution in [2.75, 3.05) is 5.32 Å². The molecule has 10 heteroatoms. The van der Waals surface area contributed by atoms with Crippen LogP contribution < -0.4 is 5.32 Å². The molecule has 1 aromatic carbocycles. The highest BCUT2D eigenvalue weighted by atomic mass is 19.4. The predicted molar refractivity (Wildman–Crippen MR) is 92.0 cm³/mol. The number of pyridine rings is 1. The van der Waals surface area contributed by atoms with E-state index in [4.69, 9.17) is 0 Å². The topological polar surface area (TPSA) is 59.8 Å². The maximum Gasteiger partial charge on any atom is 0.418 e. The molecule has 1 N–H and O–H groups in total. The van der Waals surface area contributed by atoms with E-state index in [0.717, 1.165) is 16.8 Å². The van der Waals surface area contributed by atoms with Gasteiger partial charge in [-0.1, -0.05) is 12.1 Å². The molecule has 0 spiro atoms. The minimum absolute atomic E-state index is 0.0760. The zero-order valence-electron chi connectivity index (χ0n) is 14.8. The van der Waals surface area contributed by atoms with Gasteiger partial charge in [-0.15, -0.1) is 0 Å². The SMILES string of the molecule is Cc1cc(C(F)F)c2c(C)nn(CC(=O)Nc3ccccc3C(F)(F)F)c2n1. The van der Waals surface area contributed by atoms with Gasteiger partial charge in [-0.25, -0.2) is 18.4 Å². The van der Waals surface area contributed by atoms with Gasteiger partial charge in [0.2, 0.25) is 5.91 Å². The number of rotatable bonds is 4. The fourth-order valence-corrected chi connectivity index (χ4v) is 2.96. The molecule has 0 aliphatic heterocycles. The molecule has 28 heavy (non-hydrogen) atoms. The number of aromatic nitrogens is 3. The minimum atomic E-state index is -4.64. The van der Waals surface area contributed by atoms with Crippen molar-refractivity contribution in [3.63, 3.8) is 0 Å². The van der Waals surface area contributed by atoms with Crippen molar-refractivity contribution in [2.45, 2.75) is 33.0 Å². The lowest BCUT2D eigenvalue weighted by Gasteiger charge is -2.13. The molecule has 2 heterocycles. The summed E-state index contributed by atoms with van der Waals surface area (Å²) in [5.41, 5.74) is -1.00. The fourth-order valence-electron chi connectivity index (χ4n) is 2.96. The molecule has 2 aromatic heterocycles. The molecule has 0 saturated carbocycles. The van der Waals surface area contributed by atoms with Gasteiger partial charge in [0.05, 0.1) is 22.3 Å². The number of fused-ring (bicyclic) bond motifs is 1. The summed E-state index contributed by atoms with van der Waals surface area (Å²) in [7, 11) is 0. The number of para-hydroxylation sites is 1. The highest BCUT2D eigenvalue weighted by Gasteiger charge is 2.33. The maximum atomic E-state index is 13.3. The number of aryl methyl sites for hydroxylation is 2. The molecule has 0 atom stereocenters. The summed E-state index contributed by atoms with van der Waals surface area (Å²) in [6.07, 6.45) is -7.39. The molecular weight excluding hydrogens is 383 g/mol. The summed E-state index contributed by atoms with van der Waals surface area (Å²) in [5, 5.41) is 6.39. The van der Waals surface area contributed by atoms with E-state index >= 15 is 0 Å². The number of hydrogen-bond donors (Lipinski definition) is 1. The number of carbonyl (C=O) groups excluding carboxylic acids is 1. The van der Waals surface area contributed by atoms with Gasteiger partial charge >= 0.3 is 6.18 Å². The highest BCUT2D eigenvalue weighted by Crippen LogP contribution is 2.34. The second kappa shape index (κ2) is 7.17. The number of carbonyl (C=O) groups is 1. The third-order valence-corrected chi connectivity index (χ3v) is 4.07. The smallest absolute Gasteiger partial charge is 0.324 e. The third kappa shape index (κ3) is 3.80. The number of anilines is 1. The van der Waals surface area contributed by atoms with Crippen LogP contribution in [0.15, 0.2) is 30.3 Å². The van der Waals surface area contributed by atoms with E-state index in [0.29, 0.717) is 5.69 Å². The highest BCUT2D eigenvalue weighted by molar-refractivity contribution is 5.92. The molecule has 148 valence electrons. The average molecular weight is 398 g/mol. The first-order chi connectivity index (χ1) is 13.1. The van der Waals surface area contributed by atoms with E-state index in [1.807, 2.05) is 0 Å². The number of nitrogens with zero attached hydrogens (tertiary/aromatic N) is 3. The van der Waals surface area contributed by atoms with Crippen LogP contribution >= 0.6 is 0 Å². The van der Waals surface area contributed by atoms with Crippen molar-refractivity contribution in [2.24, 2.45) is 0 Å². The van der Waals surface area contributed by atoms with Gasteiger partial charge < -0.3 is 5.32 Å². The zero-order chi connectivity index (χ0) is 20.6. The van der Waals surface area contributed by atoms with Crippen molar-refractivity contribution in [1.29, 1.82) is 0 Å². The lowest BCUT2D eigenvalue weighted by molar-refractivity contribution is -0.137. The summed E-state index contributed by atoms with van der Waals surface area (Å²) in [6.45, 7) is 2.55. The van der Waals surface area contributed by atoms with E-state index in [1.54, 1.807) is 0 Å². The maximum absolute atomic E-state index is 13.3. The molecule has 0 unspecified atom stereocenters. The van der Waals surface area contributed by atoms with Gasteiger partial charge in [0, 0.05) is 11.3 Å². The van der Waals surface area contributed by atoms with Crippen LogP contribution in [0.1, 0.15) is 28.9 Å². The standard InChI is InChI=1S/C18H15F5N4O/c1-9-7-11(16(19)20)15-10(2)26-27(17(15)24-9)8-14(28)25-13-6-4-3-5-12(13)18(21,22)23/h3-7,16H,8H2,1-2H3,(H,25,28). The quantitative estimate of drug-likeness (QED) is 0.652. The summed E-state index contributed by atoms with van der Waals surface area (Å²) < 4.78 is 66.9. The molecule has 0 fully saturated rings. The number of halogens is 5. The molecule has 0 aliphatic rings. The Morgan fingerprint density at radius 1 is 1.21 bits per heavy atom. The van der Waals surface area contributed by atoms with Crippen molar-refractivity contribution in [3.05, 3.63) is 52.8 Å². The van der Waals surface area contributed by atoms with Crippen molar-refractivity contribution in [3.8, 4) is 0 Å². The van der Waals surface area contributed by atoms with Crippen LogP contribution in [0.3, 0.4) is 0 Å². The Labute approximate surface area is 156 Å². The Kier molecular flexibility index (Phi) is 5.05. The number of hydrogen-bond acceptors (Lipinski definition) is 3. The fraction of sp³-hybridized carbons (Fsp3) is 0.278. The largest absolute Gasteiger partial charge is 0.418 e. The Bertz CT molecular complexity index is 1040. The second-order valence-corrected chi connectivity index (χ2v) is 6.19. The van der Waals surface area contributed by atoms with Crippen molar-refractivity contribution < 1.29 is 26.7 Å². The number of nitrogens with one attached hydrogen (secondary N) is 1. The van der Waals surface area contributed by atoms with E-state index in [2.05, 4.69) is 15.4 Å². The van der Waals surface area contributed by atoms with Crippen LogP contribution in [0.5, 0.6) is 0 Å². The monoisotopic (exact) mass is 398 g/mol. The number of amides is 1. The molecule has 5 nitrogen and oxygen atoms in total. The van der Waals surface area contributed by atoms with Crippen LogP contribution in [-0.4, -0.2) is 20.7 Å². The zero-order valence-corrected chi connectivity index (χ0v) is 14.8. The Morgan fingerprint density at radius 2 is 1.89 bits per heavy atom. The van der Waals surface area contributed by atoms with Crippen molar-refractivity contribution >= 4 is 22.6 Å². The lowest BCUT2D eigenvalue weighted by atomic mass is 10.1. The minimum Gasteiger partial charge on any atom is -0.324 e. The lowest BCUT2D eigenvalue weighted by Crippen LogP contribution is -2.22. The van der Waals surface area contributed by atoms with E-state index in [-0.39, 0.29) is 22.3 Å². The van der Waals surface area contributed by atoms with Crippen LogP contribution in [0.2, 0.25) is 0 Å². The van der Waals surface area contributed by atoms with E-state index in [1.165, 1.54) is 32.0 Å².